The molecule has 0 unspecified atom stereocenters. The van der Waals surface area contributed by atoms with Gasteiger partial charge in [0.05, 0.1) is 6.61 Å². The van der Waals surface area contributed by atoms with E-state index in [0.29, 0.717) is 0 Å². The first-order chi connectivity index (χ1) is 11.7. The highest BCUT2D eigenvalue weighted by Gasteiger charge is 2.27. The van der Waals surface area contributed by atoms with Gasteiger partial charge in [0.15, 0.2) is 6.23 Å². The third-order valence-electron chi connectivity index (χ3n) is 4.38. The predicted octanol–water partition coefficient (Wildman–Crippen LogP) is 5.08. The van der Waals surface area contributed by atoms with Gasteiger partial charge in [0.1, 0.15) is 0 Å². The lowest BCUT2D eigenvalue weighted by Crippen LogP contribution is -2.22. The van der Waals surface area contributed by atoms with Crippen LogP contribution in [0.3, 0.4) is 0 Å². The van der Waals surface area contributed by atoms with Gasteiger partial charge >= 0.3 is 0 Å². The maximum Gasteiger partial charge on any atom is 0.158 e. The number of nitrogens with zero attached hydrogens (tertiary/aromatic N) is 2. The average molecular weight is 383 g/mol. The van der Waals surface area contributed by atoms with E-state index in [1.54, 1.807) is 0 Å². The zero-order chi connectivity index (χ0) is 16.5. The molecule has 0 amide bonds. The lowest BCUT2D eigenvalue weighted by molar-refractivity contribution is 0.114. The Morgan fingerprint density at radius 1 is 0.958 bits per heavy atom. The highest BCUT2D eigenvalue weighted by atomic mass is 79.9. The summed E-state index contributed by atoms with van der Waals surface area (Å²) in [4.78, 5) is 2.32. The molecule has 0 N–H and O–H groups in total. The van der Waals surface area contributed by atoms with E-state index >= 15 is 0 Å². The topological polar surface area (TPSA) is 17.4 Å². The van der Waals surface area contributed by atoms with Gasteiger partial charge in [-0.1, -0.05) is 33.6 Å². The Bertz CT molecular complexity index is 824. The molecule has 2 aromatic carbocycles. The number of aryl methyl sites for hydroxylation is 1. The summed E-state index contributed by atoms with van der Waals surface area (Å²) in [5.41, 5.74) is 4.80. The van der Waals surface area contributed by atoms with Gasteiger partial charge in [0.2, 0.25) is 0 Å². The Morgan fingerprint density at radius 2 is 1.67 bits per heavy atom. The fourth-order valence-electron chi connectivity index (χ4n) is 3.08. The highest BCUT2D eigenvalue weighted by Crippen LogP contribution is 2.32. The zero-order valence-electron chi connectivity index (χ0n) is 13.5. The van der Waals surface area contributed by atoms with Crippen LogP contribution >= 0.6 is 15.9 Å². The van der Waals surface area contributed by atoms with Crippen LogP contribution in [-0.2, 0) is 4.74 Å². The van der Waals surface area contributed by atoms with Crippen molar-refractivity contribution in [1.82, 2.24) is 4.57 Å². The molecule has 24 heavy (non-hydrogen) atoms. The molecule has 1 saturated heterocycles. The van der Waals surface area contributed by atoms with Gasteiger partial charge in [-0.05, 0) is 49.4 Å². The normalized spacial score (nSPS) is 17.4. The zero-order valence-corrected chi connectivity index (χ0v) is 15.1. The summed E-state index contributed by atoms with van der Waals surface area (Å²) in [6.45, 7) is 3.78. The molecule has 1 aliphatic rings. The van der Waals surface area contributed by atoms with Crippen LogP contribution in [0.2, 0.25) is 0 Å². The lowest BCUT2D eigenvalue weighted by atomic mass is 10.2. The van der Waals surface area contributed by atoms with Crippen molar-refractivity contribution in [2.45, 2.75) is 13.2 Å². The van der Waals surface area contributed by atoms with E-state index in [4.69, 9.17) is 4.74 Å². The molecule has 1 fully saturated rings. The Labute approximate surface area is 150 Å². The number of aromatic nitrogens is 1. The standard InChI is InChI=1S/C20H19BrN2O/c1-15-2-6-19(7-3-15)23-12-13-24-20(23)16-10-11-22(14-16)18-8-4-17(21)5-9-18/h2-11,14,20H,12-13H2,1H3/t20-/m0/s1. The number of anilines is 1. The van der Waals surface area contributed by atoms with E-state index in [2.05, 4.69) is 99.3 Å². The molecular weight excluding hydrogens is 364 g/mol. The molecule has 2 heterocycles. The van der Waals surface area contributed by atoms with Crippen LogP contribution in [0.1, 0.15) is 17.4 Å². The first-order valence-corrected chi connectivity index (χ1v) is 8.89. The van der Waals surface area contributed by atoms with E-state index in [1.165, 1.54) is 16.8 Å². The number of hydrogen-bond acceptors (Lipinski definition) is 2. The molecule has 0 spiro atoms. The second-order valence-electron chi connectivity index (χ2n) is 6.08. The summed E-state index contributed by atoms with van der Waals surface area (Å²) in [6, 6.07) is 19.1. The van der Waals surface area contributed by atoms with Crippen molar-refractivity contribution in [2.75, 3.05) is 18.1 Å². The minimum absolute atomic E-state index is 0.0237. The van der Waals surface area contributed by atoms with Crippen molar-refractivity contribution in [3.8, 4) is 5.69 Å². The summed E-state index contributed by atoms with van der Waals surface area (Å²) < 4.78 is 9.23. The van der Waals surface area contributed by atoms with Crippen molar-refractivity contribution < 1.29 is 4.74 Å². The van der Waals surface area contributed by atoms with E-state index in [1.807, 2.05) is 0 Å². The van der Waals surface area contributed by atoms with Crippen molar-refractivity contribution in [1.29, 1.82) is 0 Å². The molecular formula is C20H19BrN2O. The average Bonchev–Trinajstić information content (AvgIpc) is 3.25. The van der Waals surface area contributed by atoms with E-state index in [9.17, 15) is 0 Å². The van der Waals surface area contributed by atoms with Gasteiger partial charge in [0, 0.05) is 40.3 Å². The molecule has 4 rings (SSSR count). The summed E-state index contributed by atoms with van der Waals surface area (Å²) in [7, 11) is 0. The summed E-state index contributed by atoms with van der Waals surface area (Å²) >= 11 is 3.48. The number of benzene rings is 2. The van der Waals surface area contributed by atoms with Crippen molar-refractivity contribution >= 4 is 21.6 Å². The van der Waals surface area contributed by atoms with Crippen LogP contribution in [0.15, 0.2) is 71.5 Å². The third kappa shape index (κ3) is 2.99. The van der Waals surface area contributed by atoms with Gasteiger partial charge in [-0.2, -0.15) is 0 Å². The molecule has 1 aliphatic heterocycles. The predicted molar refractivity (Wildman–Crippen MR) is 101 cm³/mol. The van der Waals surface area contributed by atoms with Crippen molar-refractivity contribution in [3.05, 3.63) is 82.6 Å². The summed E-state index contributed by atoms with van der Waals surface area (Å²) in [5, 5.41) is 0. The maximum absolute atomic E-state index is 6.01. The molecule has 0 bridgehead atoms. The van der Waals surface area contributed by atoms with Gasteiger partial charge in [-0.3, -0.25) is 0 Å². The molecule has 122 valence electrons. The Hall–Kier alpha value is -2.04. The highest BCUT2D eigenvalue weighted by molar-refractivity contribution is 9.10. The van der Waals surface area contributed by atoms with Crippen LogP contribution in [0.5, 0.6) is 0 Å². The molecule has 1 aromatic heterocycles. The molecule has 0 aliphatic carbocycles. The summed E-state index contributed by atoms with van der Waals surface area (Å²) in [6.07, 6.45) is 4.22. The van der Waals surface area contributed by atoms with E-state index < -0.39 is 0 Å². The fourth-order valence-corrected chi connectivity index (χ4v) is 3.34. The summed E-state index contributed by atoms with van der Waals surface area (Å²) in [5.74, 6) is 0. The van der Waals surface area contributed by atoms with Gasteiger partial charge in [0.25, 0.3) is 0 Å². The molecule has 1 atom stereocenters. The minimum atomic E-state index is -0.0237. The van der Waals surface area contributed by atoms with E-state index in [-0.39, 0.29) is 6.23 Å². The van der Waals surface area contributed by atoms with Crippen LogP contribution < -0.4 is 4.90 Å². The molecule has 0 saturated carbocycles. The van der Waals surface area contributed by atoms with Crippen LogP contribution in [-0.4, -0.2) is 17.7 Å². The smallest absolute Gasteiger partial charge is 0.158 e. The monoisotopic (exact) mass is 382 g/mol. The van der Waals surface area contributed by atoms with Crippen LogP contribution in [0, 0.1) is 6.92 Å². The van der Waals surface area contributed by atoms with Crippen LogP contribution in [0.25, 0.3) is 5.69 Å². The molecule has 3 nitrogen and oxygen atoms in total. The van der Waals surface area contributed by atoms with Gasteiger partial charge in [-0.25, -0.2) is 0 Å². The first kappa shape index (κ1) is 15.5. The quantitative estimate of drug-likeness (QED) is 0.627. The number of hydrogen-bond donors (Lipinski definition) is 0. The van der Waals surface area contributed by atoms with Crippen LogP contribution in [0.4, 0.5) is 5.69 Å². The number of rotatable bonds is 3. The Kier molecular flexibility index (Phi) is 4.17. The van der Waals surface area contributed by atoms with Crippen molar-refractivity contribution in [2.24, 2.45) is 0 Å². The molecule has 0 radical (unpaired) electrons. The molecule has 3 aromatic rings. The number of halogens is 1. The largest absolute Gasteiger partial charge is 0.352 e. The van der Waals surface area contributed by atoms with E-state index in [0.717, 1.165) is 23.3 Å². The Balaban J connectivity index is 1.61. The molecule has 4 heteroatoms. The minimum Gasteiger partial charge on any atom is -0.352 e. The number of ether oxygens (including phenoxy) is 1. The Morgan fingerprint density at radius 3 is 2.42 bits per heavy atom. The van der Waals surface area contributed by atoms with Gasteiger partial charge < -0.3 is 14.2 Å². The SMILES string of the molecule is Cc1ccc(N2CCO[C@H]2c2ccn(-c3ccc(Br)cc3)c2)cc1. The third-order valence-corrected chi connectivity index (χ3v) is 4.91. The fraction of sp³-hybridized carbons (Fsp3) is 0.200. The maximum atomic E-state index is 6.01. The lowest BCUT2D eigenvalue weighted by Gasteiger charge is -2.24. The second-order valence-corrected chi connectivity index (χ2v) is 7.00. The van der Waals surface area contributed by atoms with Crippen molar-refractivity contribution in [3.63, 3.8) is 0 Å². The first-order valence-electron chi connectivity index (χ1n) is 8.09. The second kappa shape index (κ2) is 6.46. The van der Waals surface area contributed by atoms with Gasteiger partial charge in [-0.15, -0.1) is 0 Å².